The SMILES string of the molecule is CC(C)(C)n1nc(C(=O)NC2CCCNC2)cc1C1CC1. The first-order chi connectivity index (χ1) is 9.95. The van der Waals surface area contributed by atoms with Gasteiger partial charge < -0.3 is 10.6 Å². The second-order valence-corrected chi connectivity index (χ2v) is 7.33. The minimum absolute atomic E-state index is 0.0337. The average molecular weight is 290 g/mol. The zero-order chi connectivity index (χ0) is 15.0. The summed E-state index contributed by atoms with van der Waals surface area (Å²) in [5, 5.41) is 11.0. The van der Waals surface area contributed by atoms with Crippen molar-refractivity contribution in [2.45, 2.75) is 64.0 Å². The molecule has 1 unspecified atom stereocenters. The Morgan fingerprint density at radius 1 is 1.38 bits per heavy atom. The molecule has 2 fully saturated rings. The number of carbonyl (C=O) groups excluding carboxylic acids is 1. The number of piperidine rings is 1. The van der Waals surface area contributed by atoms with Gasteiger partial charge in [0.2, 0.25) is 0 Å². The monoisotopic (exact) mass is 290 g/mol. The third-order valence-electron chi connectivity index (χ3n) is 4.23. The molecule has 1 aliphatic heterocycles. The van der Waals surface area contributed by atoms with Crippen LogP contribution in [-0.2, 0) is 5.54 Å². The summed E-state index contributed by atoms with van der Waals surface area (Å²) in [7, 11) is 0. The Labute approximate surface area is 126 Å². The van der Waals surface area contributed by atoms with Gasteiger partial charge >= 0.3 is 0 Å². The number of hydrogen-bond donors (Lipinski definition) is 2. The van der Waals surface area contributed by atoms with Crippen LogP contribution >= 0.6 is 0 Å². The van der Waals surface area contributed by atoms with Gasteiger partial charge in [0.05, 0.1) is 5.54 Å². The maximum absolute atomic E-state index is 12.4. The average Bonchev–Trinajstić information content (AvgIpc) is 3.16. The molecular weight excluding hydrogens is 264 g/mol. The van der Waals surface area contributed by atoms with Gasteiger partial charge in [-0.2, -0.15) is 5.10 Å². The first kappa shape index (κ1) is 14.6. The Morgan fingerprint density at radius 2 is 2.14 bits per heavy atom. The van der Waals surface area contributed by atoms with Gasteiger partial charge in [0.25, 0.3) is 5.91 Å². The van der Waals surface area contributed by atoms with Gasteiger partial charge in [0.15, 0.2) is 0 Å². The molecule has 21 heavy (non-hydrogen) atoms. The van der Waals surface area contributed by atoms with E-state index in [2.05, 4.69) is 36.5 Å². The van der Waals surface area contributed by atoms with E-state index in [1.165, 1.54) is 18.5 Å². The van der Waals surface area contributed by atoms with Crippen molar-refractivity contribution in [1.82, 2.24) is 20.4 Å². The molecule has 0 spiro atoms. The van der Waals surface area contributed by atoms with Crippen molar-refractivity contribution in [3.8, 4) is 0 Å². The summed E-state index contributed by atoms with van der Waals surface area (Å²) < 4.78 is 2.04. The lowest BCUT2D eigenvalue weighted by Gasteiger charge is -2.23. The fourth-order valence-corrected chi connectivity index (χ4v) is 2.95. The molecule has 0 bridgehead atoms. The normalized spacial score (nSPS) is 23.1. The smallest absolute Gasteiger partial charge is 0.272 e. The lowest BCUT2D eigenvalue weighted by Crippen LogP contribution is -2.45. The van der Waals surface area contributed by atoms with E-state index in [9.17, 15) is 4.79 Å². The number of amides is 1. The number of aromatic nitrogens is 2. The maximum atomic E-state index is 12.4. The predicted molar refractivity (Wildman–Crippen MR) is 82.6 cm³/mol. The summed E-state index contributed by atoms with van der Waals surface area (Å²) >= 11 is 0. The Balaban J connectivity index is 1.76. The minimum Gasteiger partial charge on any atom is -0.347 e. The van der Waals surface area contributed by atoms with E-state index in [1.54, 1.807) is 0 Å². The van der Waals surface area contributed by atoms with E-state index < -0.39 is 0 Å². The van der Waals surface area contributed by atoms with Crippen molar-refractivity contribution in [1.29, 1.82) is 0 Å². The largest absolute Gasteiger partial charge is 0.347 e. The van der Waals surface area contributed by atoms with Crippen molar-refractivity contribution in [3.05, 3.63) is 17.5 Å². The van der Waals surface area contributed by atoms with Crippen molar-refractivity contribution in [2.75, 3.05) is 13.1 Å². The van der Waals surface area contributed by atoms with Gasteiger partial charge in [-0.1, -0.05) is 0 Å². The number of nitrogens with zero attached hydrogens (tertiary/aromatic N) is 2. The van der Waals surface area contributed by atoms with E-state index in [0.717, 1.165) is 25.9 Å². The van der Waals surface area contributed by atoms with Gasteiger partial charge in [-0.3, -0.25) is 9.48 Å². The lowest BCUT2D eigenvalue weighted by atomic mass is 10.1. The highest BCUT2D eigenvalue weighted by Gasteiger charge is 2.32. The second-order valence-electron chi connectivity index (χ2n) is 7.33. The number of nitrogens with one attached hydrogen (secondary N) is 2. The van der Waals surface area contributed by atoms with Gasteiger partial charge in [-0.05, 0) is 59.1 Å². The summed E-state index contributed by atoms with van der Waals surface area (Å²) in [6.07, 6.45) is 4.60. The second kappa shape index (κ2) is 5.44. The molecule has 5 heteroatoms. The predicted octanol–water partition coefficient (Wildman–Crippen LogP) is 2.00. The van der Waals surface area contributed by atoms with E-state index in [1.807, 2.05) is 10.7 Å². The minimum atomic E-state index is -0.0805. The highest BCUT2D eigenvalue weighted by molar-refractivity contribution is 5.92. The lowest BCUT2D eigenvalue weighted by molar-refractivity contribution is 0.0924. The van der Waals surface area contributed by atoms with Crippen molar-refractivity contribution < 1.29 is 4.79 Å². The molecule has 1 aromatic rings. The Morgan fingerprint density at radius 3 is 2.71 bits per heavy atom. The van der Waals surface area contributed by atoms with Crippen LogP contribution in [-0.4, -0.2) is 34.8 Å². The Bertz CT molecular complexity index is 519. The fourth-order valence-electron chi connectivity index (χ4n) is 2.95. The third kappa shape index (κ3) is 3.28. The van der Waals surface area contributed by atoms with Crippen LogP contribution in [0.25, 0.3) is 0 Å². The molecule has 2 aliphatic rings. The summed E-state index contributed by atoms with van der Waals surface area (Å²) in [5.41, 5.74) is 1.70. The van der Waals surface area contributed by atoms with Gasteiger partial charge in [0, 0.05) is 24.2 Å². The van der Waals surface area contributed by atoms with Crippen LogP contribution in [0.3, 0.4) is 0 Å². The maximum Gasteiger partial charge on any atom is 0.272 e. The van der Waals surface area contributed by atoms with Crippen molar-refractivity contribution >= 4 is 5.91 Å². The molecule has 0 aromatic carbocycles. The van der Waals surface area contributed by atoms with Crippen LogP contribution in [0.15, 0.2) is 6.07 Å². The highest BCUT2D eigenvalue weighted by atomic mass is 16.2. The molecule has 1 aliphatic carbocycles. The summed E-state index contributed by atoms with van der Waals surface area (Å²) in [4.78, 5) is 12.4. The molecule has 116 valence electrons. The molecule has 2 heterocycles. The molecule has 0 radical (unpaired) electrons. The number of rotatable bonds is 3. The van der Waals surface area contributed by atoms with E-state index >= 15 is 0 Å². The molecule has 2 N–H and O–H groups in total. The first-order valence-corrected chi connectivity index (χ1v) is 8.07. The summed E-state index contributed by atoms with van der Waals surface area (Å²) in [5.74, 6) is 0.559. The van der Waals surface area contributed by atoms with Crippen LogP contribution in [0.4, 0.5) is 0 Å². The number of carbonyl (C=O) groups is 1. The highest BCUT2D eigenvalue weighted by Crippen LogP contribution is 2.41. The van der Waals surface area contributed by atoms with Gasteiger partial charge in [-0.25, -0.2) is 0 Å². The molecule has 1 saturated carbocycles. The van der Waals surface area contributed by atoms with E-state index in [4.69, 9.17) is 0 Å². The molecule has 1 atom stereocenters. The molecule has 5 nitrogen and oxygen atoms in total. The van der Waals surface area contributed by atoms with E-state index in [0.29, 0.717) is 11.6 Å². The molecule has 1 aromatic heterocycles. The fraction of sp³-hybridized carbons (Fsp3) is 0.750. The Kier molecular flexibility index (Phi) is 3.78. The van der Waals surface area contributed by atoms with Gasteiger partial charge in [0.1, 0.15) is 5.69 Å². The standard InChI is InChI=1S/C16H26N4O/c1-16(2,3)20-14(11-6-7-11)9-13(19-20)15(21)18-12-5-4-8-17-10-12/h9,11-12,17H,4-8,10H2,1-3H3,(H,18,21). The third-order valence-corrected chi connectivity index (χ3v) is 4.23. The molecule has 1 amide bonds. The van der Waals surface area contributed by atoms with Crippen LogP contribution < -0.4 is 10.6 Å². The zero-order valence-electron chi connectivity index (χ0n) is 13.3. The van der Waals surface area contributed by atoms with Crippen LogP contribution in [0.2, 0.25) is 0 Å². The van der Waals surface area contributed by atoms with Crippen molar-refractivity contribution in [3.63, 3.8) is 0 Å². The van der Waals surface area contributed by atoms with Crippen LogP contribution in [0.1, 0.15) is 68.6 Å². The zero-order valence-corrected chi connectivity index (χ0v) is 13.3. The molecule has 1 saturated heterocycles. The van der Waals surface area contributed by atoms with Crippen LogP contribution in [0, 0.1) is 0 Å². The Hall–Kier alpha value is -1.36. The van der Waals surface area contributed by atoms with E-state index in [-0.39, 0.29) is 17.5 Å². The van der Waals surface area contributed by atoms with Gasteiger partial charge in [-0.15, -0.1) is 0 Å². The summed E-state index contributed by atoms with van der Waals surface area (Å²) in [6.45, 7) is 8.33. The topological polar surface area (TPSA) is 59.0 Å². The molecule has 3 rings (SSSR count). The van der Waals surface area contributed by atoms with Crippen molar-refractivity contribution in [2.24, 2.45) is 0 Å². The molecular formula is C16H26N4O. The quantitative estimate of drug-likeness (QED) is 0.895. The van der Waals surface area contributed by atoms with Crippen LogP contribution in [0.5, 0.6) is 0 Å². The first-order valence-electron chi connectivity index (χ1n) is 8.07. The number of hydrogen-bond acceptors (Lipinski definition) is 3. The summed E-state index contributed by atoms with van der Waals surface area (Å²) in [6, 6.07) is 2.23.